The lowest BCUT2D eigenvalue weighted by molar-refractivity contribution is -0.144. The summed E-state index contributed by atoms with van der Waals surface area (Å²) in [6.07, 6.45) is -1.10. The lowest BCUT2D eigenvalue weighted by Gasteiger charge is -2.38. The minimum absolute atomic E-state index is 0.00917. The highest BCUT2D eigenvalue weighted by molar-refractivity contribution is 8.20. The average Bonchev–Trinajstić information content (AvgIpc) is 3.54. The summed E-state index contributed by atoms with van der Waals surface area (Å²) in [7, 11) is 8.36. The number of nitrogens with zero attached hydrogens (tertiary/aromatic N) is 2. The van der Waals surface area contributed by atoms with E-state index in [1.54, 1.807) is 71.4 Å². The number of methoxy groups -OCH3 is 2. The predicted molar refractivity (Wildman–Crippen MR) is 206 cm³/mol. The Morgan fingerprint density at radius 3 is 2.07 bits per heavy atom. The Morgan fingerprint density at radius 2 is 1.55 bits per heavy atom. The van der Waals surface area contributed by atoms with Crippen molar-refractivity contribution in [2.75, 3.05) is 33.1 Å². The first-order valence-corrected chi connectivity index (χ1v) is 19.1. The second-order valence-electron chi connectivity index (χ2n) is 13.3. The van der Waals surface area contributed by atoms with Gasteiger partial charge in [-0.25, -0.2) is 9.69 Å². The molecule has 0 bridgehead atoms. The molecule has 2 radical (unpaired) electrons. The molecule has 3 amide bonds. The molecule has 2 aliphatic rings. The van der Waals surface area contributed by atoms with Crippen LogP contribution in [0.15, 0.2) is 60.7 Å². The van der Waals surface area contributed by atoms with Crippen LogP contribution < -0.4 is 24.7 Å². The molecule has 55 heavy (non-hydrogen) atoms. The summed E-state index contributed by atoms with van der Waals surface area (Å²) in [6.45, 7) is 4.48. The molecule has 290 valence electrons. The summed E-state index contributed by atoms with van der Waals surface area (Å²) in [5.41, 5.74) is 6.17. The van der Waals surface area contributed by atoms with Crippen molar-refractivity contribution in [3.8, 4) is 23.0 Å². The fourth-order valence-corrected chi connectivity index (χ4v) is 8.94. The number of carbonyl (C=O) groups is 5. The van der Waals surface area contributed by atoms with Crippen molar-refractivity contribution in [3.63, 3.8) is 0 Å². The molecular formula is C37H39BClN3O11S2. The molecule has 2 saturated heterocycles. The number of rotatable bonds is 15. The van der Waals surface area contributed by atoms with Gasteiger partial charge in [0.05, 0.1) is 31.4 Å². The number of β-lactam (4-membered cyclic amide) rings is 1. The van der Waals surface area contributed by atoms with E-state index in [9.17, 15) is 24.0 Å². The number of Topliss-reactive ketones (excluding diaryl/α,β-unsaturated/α-hetero) is 1. The van der Waals surface area contributed by atoms with Gasteiger partial charge < -0.3 is 39.0 Å². The molecule has 0 aliphatic carbocycles. The Morgan fingerprint density at radius 1 is 0.964 bits per heavy atom. The molecule has 3 atom stereocenters. The molecule has 5 rings (SSSR count). The molecule has 3 aromatic carbocycles. The highest BCUT2D eigenvalue weighted by Gasteiger charge is 2.61. The van der Waals surface area contributed by atoms with Crippen molar-refractivity contribution in [3.05, 3.63) is 82.4 Å². The number of imide groups is 1. The molecule has 2 heterocycles. The Labute approximate surface area is 333 Å². The second-order valence-corrected chi connectivity index (χ2v) is 16.7. The van der Waals surface area contributed by atoms with Gasteiger partial charge in [-0.3, -0.25) is 19.2 Å². The highest BCUT2D eigenvalue weighted by atomic mass is 35.5. The summed E-state index contributed by atoms with van der Waals surface area (Å²) >= 11 is 8.92. The van der Waals surface area contributed by atoms with Crippen molar-refractivity contribution in [2.45, 2.75) is 55.1 Å². The molecule has 2 fully saturated rings. The van der Waals surface area contributed by atoms with Gasteiger partial charge >= 0.3 is 26.0 Å². The molecular weight excluding hydrogens is 773 g/mol. The van der Waals surface area contributed by atoms with Gasteiger partial charge in [-0.15, -0.1) is 23.5 Å². The van der Waals surface area contributed by atoms with Crippen LogP contribution in [0.4, 0.5) is 4.79 Å². The Hall–Kier alpha value is -4.58. The van der Waals surface area contributed by atoms with Crippen LogP contribution in [0.2, 0.25) is 5.02 Å². The number of halogens is 1. The topological polar surface area (TPSA) is 173 Å². The van der Waals surface area contributed by atoms with Crippen molar-refractivity contribution < 1.29 is 52.3 Å². The number of thioether (sulfide) groups is 2. The number of amides is 3. The monoisotopic (exact) mass is 811 g/mol. The molecule has 14 nitrogen and oxygen atoms in total. The van der Waals surface area contributed by atoms with Crippen molar-refractivity contribution in [1.29, 1.82) is 0 Å². The number of hydrogen-bond donors (Lipinski definition) is 1. The van der Waals surface area contributed by atoms with Gasteiger partial charge in [0.2, 0.25) is 5.91 Å². The first kappa shape index (κ1) is 41.6. The van der Waals surface area contributed by atoms with E-state index >= 15 is 0 Å². The summed E-state index contributed by atoms with van der Waals surface area (Å²) < 4.78 is 31.3. The summed E-state index contributed by atoms with van der Waals surface area (Å²) in [5.74, 6) is -2.13. The summed E-state index contributed by atoms with van der Waals surface area (Å²) in [5, 5.41) is -0.703. The van der Waals surface area contributed by atoms with Gasteiger partial charge in [-0.2, -0.15) is 0 Å². The van der Waals surface area contributed by atoms with E-state index in [1.807, 2.05) is 12.1 Å². The van der Waals surface area contributed by atoms with E-state index in [0.717, 1.165) is 34.7 Å². The van der Waals surface area contributed by atoms with Gasteiger partial charge in [0.15, 0.2) is 15.6 Å². The minimum Gasteiger partial charge on any atom is -0.542 e. The molecule has 1 unspecified atom stereocenters. The van der Waals surface area contributed by atoms with Crippen molar-refractivity contribution >= 4 is 72.8 Å². The normalized spacial score (nSPS) is 18.7. The zero-order valence-corrected chi connectivity index (χ0v) is 33.1. The molecule has 0 saturated carbocycles. The third-order valence-electron chi connectivity index (χ3n) is 8.39. The summed E-state index contributed by atoms with van der Waals surface area (Å²) in [4.78, 5) is 68.6. The third kappa shape index (κ3) is 9.46. The number of ether oxygens (including phenoxy) is 5. The largest absolute Gasteiger partial charge is 0.542 e. The van der Waals surface area contributed by atoms with Gasteiger partial charge in [-0.05, 0) is 68.3 Å². The maximum Gasteiger partial charge on any atom is 0.417 e. The maximum absolute atomic E-state index is 14.0. The van der Waals surface area contributed by atoms with E-state index in [0.29, 0.717) is 16.4 Å². The SMILES string of the molecule is [B]OC(=O)[C@@]1(SCCN(C(=O)OC(C)(C)C)C(=O)C(=O)c2ccc(OCc3ccc(OC)cc3)c(OCc3ccc(OC)cc3)c2Cl)CN2C(=O)C(N)[C@H]2S1. The second kappa shape index (κ2) is 17.5. The summed E-state index contributed by atoms with van der Waals surface area (Å²) in [6, 6.07) is 16.2. The van der Waals surface area contributed by atoms with E-state index < -0.39 is 44.8 Å². The first-order chi connectivity index (χ1) is 26.1. The fourth-order valence-electron chi connectivity index (χ4n) is 5.51. The average molecular weight is 812 g/mol. The molecule has 18 heteroatoms. The van der Waals surface area contributed by atoms with Crippen LogP contribution in [0.3, 0.4) is 0 Å². The smallest absolute Gasteiger partial charge is 0.417 e. The van der Waals surface area contributed by atoms with Crippen LogP contribution in [-0.4, -0.2) is 102 Å². The van der Waals surface area contributed by atoms with Crippen LogP contribution in [0.25, 0.3) is 0 Å². The van der Waals surface area contributed by atoms with Gasteiger partial charge in [0, 0.05) is 12.3 Å². The maximum atomic E-state index is 14.0. The Bertz CT molecular complexity index is 1930. The Kier molecular flexibility index (Phi) is 13.2. The van der Waals surface area contributed by atoms with Crippen molar-refractivity contribution in [1.82, 2.24) is 9.80 Å². The first-order valence-electron chi connectivity index (χ1n) is 16.8. The van der Waals surface area contributed by atoms with E-state index in [4.69, 9.17) is 49.1 Å². The number of ketones is 1. The van der Waals surface area contributed by atoms with Crippen LogP contribution in [0, 0.1) is 0 Å². The van der Waals surface area contributed by atoms with Crippen LogP contribution in [0.5, 0.6) is 23.0 Å². The van der Waals surface area contributed by atoms with E-state index in [2.05, 4.69) is 4.65 Å². The number of carbonyl (C=O) groups excluding carboxylic acids is 5. The lowest BCUT2D eigenvalue weighted by Crippen LogP contribution is -2.64. The van der Waals surface area contributed by atoms with E-state index in [1.165, 1.54) is 17.0 Å². The molecule has 3 aromatic rings. The van der Waals surface area contributed by atoms with Gasteiger partial charge in [-0.1, -0.05) is 35.9 Å². The molecule has 2 N–H and O–H groups in total. The standard InChI is InChI=1S/C37H39BClN3O11S2/c1-36(2,3)52-35(47)41(16-17-54-37(34(46)53-38)20-42-31(44)28(40)33(42)55-37)32(45)29(43)25-14-15-26(50-18-21-6-10-23(48-4)11-7-21)30(27(25)39)51-19-22-8-12-24(49-5)13-9-22/h6-15,28,33H,16-20,40H2,1-5H3/t28?,33-,37-/m1/s1. The molecule has 0 aromatic heterocycles. The number of fused-ring (bicyclic) bond motifs is 1. The zero-order chi connectivity index (χ0) is 40.1. The minimum atomic E-state index is -1.39. The predicted octanol–water partition coefficient (Wildman–Crippen LogP) is 4.76. The number of benzene rings is 3. The van der Waals surface area contributed by atoms with E-state index in [-0.39, 0.29) is 60.0 Å². The van der Waals surface area contributed by atoms with Crippen LogP contribution in [-0.2, 0) is 37.0 Å². The van der Waals surface area contributed by atoms with Crippen LogP contribution >= 0.6 is 35.1 Å². The molecule has 0 spiro atoms. The third-order valence-corrected chi connectivity index (χ3v) is 12.0. The fraction of sp³-hybridized carbons (Fsp3) is 0.378. The lowest BCUT2D eigenvalue weighted by atomic mass is 10.1. The Balaban J connectivity index is 1.40. The number of hydrogen-bond acceptors (Lipinski definition) is 14. The van der Waals surface area contributed by atoms with Gasteiger partial charge in [0.25, 0.3) is 5.78 Å². The number of nitrogens with two attached hydrogens (primary N) is 1. The quantitative estimate of drug-likeness (QED) is 0.0964. The molecule has 2 aliphatic heterocycles. The zero-order valence-electron chi connectivity index (χ0n) is 30.7. The van der Waals surface area contributed by atoms with Gasteiger partial charge in [0.1, 0.15) is 41.7 Å². The van der Waals surface area contributed by atoms with Crippen molar-refractivity contribution in [2.24, 2.45) is 5.73 Å². The highest BCUT2D eigenvalue weighted by Crippen LogP contribution is 2.52. The van der Waals surface area contributed by atoms with Crippen LogP contribution in [0.1, 0.15) is 42.3 Å².